The van der Waals surface area contributed by atoms with E-state index in [1.807, 2.05) is 27.7 Å². The summed E-state index contributed by atoms with van der Waals surface area (Å²) in [5, 5.41) is 13.5. The van der Waals surface area contributed by atoms with Crippen LogP contribution in [-0.4, -0.2) is 39.5 Å². The van der Waals surface area contributed by atoms with E-state index >= 15 is 0 Å². The molecule has 2 aromatic heterocycles. The molecular formula is C22H30N4O3S2. The first-order valence-electron chi connectivity index (χ1n) is 10.7. The number of nitrogens with zero attached hydrogens (tertiary/aromatic N) is 3. The molecule has 7 nitrogen and oxygen atoms in total. The van der Waals surface area contributed by atoms with E-state index in [4.69, 9.17) is 9.72 Å². The fourth-order valence-electron chi connectivity index (χ4n) is 3.68. The third-order valence-electron chi connectivity index (χ3n) is 5.96. The van der Waals surface area contributed by atoms with Gasteiger partial charge in [0.25, 0.3) is 5.56 Å². The lowest BCUT2D eigenvalue weighted by Gasteiger charge is -2.27. The second kappa shape index (κ2) is 9.72. The molecule has 3 rings (SSSR count). The minimum atomic E-state index is -0.937. The largest absolute Gasteiger partial charge is 0.376 e. The number of thiophene rings is 1. The average Bonchev–Trinajstić information content (AvgIpc) is 3.35. The van der Waals surface area contributed by atoms with Crippen LogP contribution in [0.5, 0.6) is 0 Å². The average molecular weight is 463 g/mol. The van der Waals surface area contributed by atoms with Gasteiger partial charge in [-0.05, 0) is 44.6 Å². The molecule has 1 saturated heterocycles. The first kappa shape index (κ1) is 23.8. The normalized spacial score (nSPS) is 18.3. The lowest BCUT2D eigenvalue weighted by molar-refractivity contribution is -0.120. The number of ether oxygens (including phenoxy) is 1. The number of aryl methyl sites for hydroxylation is 2. The van der Waals surface area contributed by atoms with Gasteiger partial charge in [-0.1, -0.05) is 32.5 Å². The summed E-state index contributed by atoms with van der Waals surface area (Å²) in [7, 11) is 0. The number of aromatic nitrogens is 2. The minimum absolute atomic E-state index is 0.0160. The number of nitrogens with one attached hydrogen (secondary N) is 1. The third-order valence-corrected chi connectivity index (χ3v) is 7.98. The molecule has 31 heavy (non-hydrogen) atoms. The van der Waals surface area contributed by atoms with Crippen molar-refractivity contribution in [2.75, 3.05) is 12.4 Å². The smallest absolute Gasteiger partial charge is 0.263 e. The Bertz CT molecular complexity index is 1060. The van der Waals surface area contributed by atoms with Gasteiger partial charge in [0.15, 0.2) is 5.16 Å². The van der Waals surface area contributed by atoms with E-state index < -0.39 is 5.54 Å². The molecule has 2 atom stereocenters. The molecule has 0 saturated carbocycles. The third kappa shape index (κ3) is 4.97. The molecule has 1 aliphatic heterocycles. The van der Waals surface area contributed by atoms with Crippen LogP contribution >= 0.6 is 23.1 Å². The van der Waals surface area contributed by atoms with Gasteiger partial charge in [-0.15, -0.1) is 11.3 Å². The van der Waals surface area contributed by atoms with Crippen LogP contribution in [0.4, 0.5) is 0 Å². The van der Waals surface area contributed by atoms with Crippen LogP contribution < -0.4 is 10.9 Å². The highest BCUT2D eigenvalue weighted by Crippen LogP contribution is 2.30. The van der Waals surface area contributed by atoms with Crippen LogP contribution in [0.1, 0.15) is 51.0 Å². The van der Waals surface area contributed by atoms with Crippen LogP contribution in [0.25, 0.3) is 10.2 Å². The molecule has 2 unspecified atom stereocenters. The van der Waals surface area contributed by atoms with Crippen molar-refractivity contribution >= 4 is 39.2 Å². The van der Waals surface area contributed by atoms with Crippen molar-refractivity contribution in [2.45, 2.75) is 77.2 Å². The topological polar surface area (TPSA) is 97.0 Å². The minimum Gasteiger partial charge on any atom is -0.376 e. The van der Waals surface area contributed by atoms with Gasteiger partial charge in [0, 0.05) is 11.5 Å². The molecule has 3 heterocycles. The van der Waals surface area contributed by atoms with E-state index in [1.54, 1.807) is 11.5 Å². The highest BCUT2D eigenvalue weighted by Gasteiger charge is 2.30. The SMILES string of the molecule is CCc1c(C)sc2nc(SCC(=O)NC(C)(C#N)C(C)C)n(CC3CCCO3)c(=O)c12. The Morgan fingerprint density at radius 2 is 2.26 bits per heavy atom. The summed E-state index contributed by atoms with van der Waals surface area (Å²) in [4.78, 5) is 32.6. The van der Waals surface area contributed by atoms with Crippen molar-refractivity contribution in [1.29, 1.82) is 5.26 Å². The van der Waals surface area contributed by atoms with E-state index in [-0.39, 0.29) is 29.2 Å². The Balaban J connectivity index is 1.92. The zero-order valence-corrected chi connectivity index (χ0v) is 20.4. The molecule has 168 valence electrons. The number of hydrogen-bond acceptors (Lipinski definition) is 7. The standard InChI is InChI=1S/C22H30N4O3S2/c1-6-16-14(4)31-19-18(16)20(28)26(10-15-8-7-9-29-15)21(24-19)30-11-17(27)25-22(5,12-23)13(2)3/h13,15H,6-11H2,1-5H3,(H,25,27). The Morgan fingerprint density at radius 1 is 1.52 bits per heavy atom. The molecule has 0 bridgehead atoms. The second-order valence-corrected chi connectivity index (χ2v) is 10.6. The van der Waals surface area contributed by atoms with E-state index in [9.17, 15) is 14.9 Å². The van der Waals surface area contributed by atoms with E-state index in [2.05, 4.69) is 11.4 Å². The van der Waals surface area contributed by atoms with Gasteiger partial charge in [0.2, 0.25) is 5.91 Å². The quantitative estimate of drug-likeness (QED) is 0.475. The van der Waals surface area contributed by atoms with Gasteiger partial charge in [-0.3, -0.25) is 14.2 Å². The van der Waals surface area contributed by atoms with Gasteiger partial charge in [-0.2, -0.15) is 5.26 Å². The number of carbonyl (C=O) groups is 1. The summed E-state index contributed by atoms with van der Waals surface area (Å²) in [5.74, 6) is -0.198. The molecule has 0 radical (unpaired) electrons. The molecule has 2 aromatic rings. The highest BCUT2D eigenvalue weighted by molar-refractivity contribution is 7.99. The maximum atomic E-state index is 13.5. The zero-order valence-electron chi connectivity index (χ0n) is 18.8. The zero-order chi connectivity index (χ0) is 22.8. The van der Waals surface area contributed by atoms with Crippen LogP contribution in [-0.2, 0) is 22.5 Å². The van der Waals surface area contributed by atoms with Crippen LogP contribution in [0.3, 0.4) is 0 Å². The maximum Gasteiger partial charge on any atom is 0.263 e. The predicted octanol–water partition coefficient (Wildman–Crippen LogP) is 3.65. The summed E-state index contributed by atoms with van der Waals surface area (Å²) in [6.07, 6.45) is 2.66. The molecule has 0 aromatic carbocycles. The molecule has 1 amide bonds. The predicted molar refractivity (Wildman–Crippen MR) is 125 cm³/mol. The van der Waals surface area contributed by atoms with Gasteiger partial charge in [0.05, 0.1) is 29.9 Å². The fraction of sp³-hybridized carbons (Fsp3) is 0.636. The van der Waals surface area contributed by atoms with Crippen molar-refractivity contribution in [3.8, 4) is 6.07 Å². The van der Waals surface area contributed by atoms with E-state index in [0.29, 0.717) is 23.7 Å². The number of carbonyl (C=O) groups excluding carboxylic acids is 1. The van der Waals surface area contributed by atoms with Crippen molar-refractivity contribution in [2.24, 2.45) is 5.92 Å². The number of nitriles is 1. The Kier molecular flexibility index (Phi) is 7.45. The van der Waals surface area contributed by atoms with Gasteiger partial charge in [0.1, 0.15) is 10.4 Å². The number of fused-ring (bicyclic) bond motifs is 1. The summed E-state index contributed by atoms with van der Waals surface area (Å²) < 4.78 is 7.44. The molecule has 1 N–H and O–H groups in total. The number of hydrogen-bond donors (Lipinski definition) is 1. The molecule has 1 aliphatic rings. The number of amides is 1. The number of thioether (sulfide) groups is 1. The maximum absolute atomic E-state index is 13.5. The Labute approximate surface area is 191 Å². The molecular weight excluding hydrogens is 432 g/mol. The van der Waals surface area contributed by atoms with Crippen LogP contribution in [0.15, 0.2) is 9.95 Å². The van der Waals surface area contributed by atoms with E-state index in [1.165, 1.54) is 23.1 Å². The monoisotopic (exact) mass is 462 g/mol. The van der Waals surface area contributed by atoms with Crippen molar-refractivity contribution in [3.05, 3.63) is 20.8 Å². The highest BCUT2D eigenvalue weighted by atomic mass is 32.2. The lowest BCUT2D eigenvalue weighted by atomic mass is 9.90. The van der Waals surface area contributed by atoms with Crippen molar-refractivity contribution < 1.29 is 9.53 Å². The first-order chi connectivity index (χ1) is 14.7. The van der Waals surface area contributed by atoms with Crippen LogP contribution in [0.2, 0.25) is 0 Å². The fourth-order valence-corrected chi connectivity index (χ4v) is 5.64. The van der Waals surface area contributed by atoms with Crippen molar-refractivity contribution in [1.82, 2.24) is 14.9 Å². The van der Waals surface area contributed by atoms with Gasteiger partial charge in [-0.25, -0.2) is 4.98 Å². The first-order valence-corrected chi connectivity index (χ1v) is 12.5. The Morgan fingerprint density at radius 3 is 2.84 bits per heavy atom. The summed E-state index contributed by atoms with van der Waals surface area (Å²) in [6, 6.07) is 2.19. The van der Waals surface area contributed by atoms with Crippen molar-refractivity contribution in [3.63, 3.8) is 0 Å². The molecule has 1 fully saturated rings. The van der Waals surface area contributed by atoms with E-state index in [0.717, 1.165) is 34.5 Å². The lowest BCUT2D eigenvalue weighted by Crippen LogP contribution is -2.49. The van der Waals surface area contributed by atoms with Crippen LogP contribution in [0, 0.1) is 24.2 Å². The molecule has 0 spiro atoms. The molecule has 9 heteroatoms. The summed E-state index contributed by atoms with van der Waals surface area (Å²) in [5.41, 5.74) is 0.0519. The Hall–Kier alpha value is -1.89. The molecule has 0 aliphatic carbocycles. The second-order valence-electron chi connectivity index (χ2n) is 8.42. The summed E-state index contributed by atoms with van der Waals surface area (Å²) in [6.45, 7) is 10.7. The summed E-state index contributed by atoms with van der Waals surface area (Å²) >= 11 is 2.76. The number of rotatable bonds is 8. The van der Waals surface area contributed by atoms with Gasteiger partial charge >= 0.3 is 0 Å². The van der Waals surface area contributed by atoms with Gasteiger partial charge < -0.3 is 10.1 Å².